The van der Waals surface area contributed by atoms with Crippen LogP contribution >= 0.6 is 0 Å². The van der Waals surface area contributed by atoms with Gasteiger partial charge < -0.3 is 15.3 Å². The van der Waals surface area contributed by atoms with Gasteiger partial charge in [0.1, 0.15) is 5.65 Å². The number of aromatic hydroxyl groups is 1. The minimum absolute atomic E-state index is 0.0460. The molecule has 2 fully saturated rings. The number of likely N-dealkylation sites (tertiary alicyclic amines) is 1. The predicted molar refractivity (Wildman–Crippen MR) is 130 cm³/mol. The molecule has 2 aliphatic rings. The van der Waals surface area contributed by atoms with Crippen molar-refractivity contribution in [1.82, 2.24) is 24.4 Å². The molecule has 2 aromatic rings. The number of nitrogens with zero attached hydrogens (tertiary/aromatic N) is 4. The summed E-state index contributed by atoms with van der Waals surface area (Å²) in [6.07, 6.45) is 6.93. The third-order valence-electron chi connectivity index (χ3n) is 6.65. The molecule has 3 heterocycles. The van der Waals surface area contributed by atoms with Gasteiger partial charge in [0.15, 0.2) is 5.56 Å². The molecule has 0 bridgehead atoms. The van der Waals surface area contributed by atoms with Crippen LogP contribution in [-0.2, 0) is 11.3 Å². The number of aryl methyl sites for hydroxylation is 1. The van der Waals surface area contributed by atoms with Gasteiger partial charge in [0, 0.05) is 36.8 Å². The van der Waals surface area contributed by atoms with Gasteiger partial charge in [0.2, 0.25) is 11.8 Å². The summed E-state index contributed by atoms with van der Waals surface area (Å²) < 4.78 is 2.74. The molecule has 4 rings (SSSR count). The van der Waals surface area contributed by atoms with Gasteiger partial charge in [-0.3, -0.25) is 19.0 Å². The van der Waals surface area contributed by atoms with E-state index < -0.39 is 17.3 Å². The second-order valence-electron chi connectivity index (χ2n) is 10.3. The Morgan fingerprint density at radius 1 is 1.21 bits per heavy atom. The highest BCUT2D eigenvalue weighted by Crippen LogP contribution is 2.27. The number of hydrogen-bond acceptors (Lipinski definition) is 5. The summed E-state index contributed by atoms with van der Waals surface area (Å²) >= 11 is 0. The maximum absolute atomic E-state index is 13.4. The molecule has 1 saturated carbocycles. The first-order valence-electron chi connectivity index (χ1n) is 12.2. The normalized spacial score (nSPS) is 18.7. The average Bonchev–Trinajstić information content (AvgIpc) is 3.31. The highest BCUT2D eigenvalue weighted by atomic mass is 16.3. The van der Waals surface area contributed by atoms with Crippen molar-refractivity contribution >= 4 is 23.5 Å². The van der Waals surface area contributed by atoms with E-state index in [0.29, 0.717) is 29.4 Å². The van der Waals surface area contributed by atoms with Gasteiger partial charge in [0.05, 0.1) is 5.69 Å². The van der Waals surface area contributed by atoms with Crippen LogP contribution < -0.4 is 10.9 Å². The van der Waals surface area contributed by atoms with Crippen LogP contribution in [-0.4, -0.2) is 54.6 Å². The van der Waals surface area contributed by atoms with Gasteiger partial charge in [0.25, 0.3) is 11.5 Å². The number of rotatable bonds is 7. The zero-order chi connectivity index (χ0) is 24.7. The SMILES string of the molecule is Cc1nn2c(O)c(C(=O)NC3CC3)c(=O)n(CC(C)C)c2c1/C=C/C(=O)N1CCC[C@H]1C(C)C. The molecule has 0 radical (unpaired) electrons. The third-order valence-corrected chi connectivity index (χ3v) is 6.65. The lowest BCUT2D eigenvalue weighted by Gasteiger charge is -2.26. The number of hydrogen-bond donors (Lipinski definition) is 2. The van der Waals surface area contributed by atoms with E-state index in [1.807, 2.05) is 18.7 Å². The largest absolute Gasteiger partial charge is 0.492 e. The Bertz CT molecular complexity index is 1200. The van der Waals surface area contributed by atoms with E-state index in [-0.39, 0.29) is 29.5 Å². The topological polar surface area (TPSA) is 109 Å². The van der Waals surface area contributed by atoms with Gasteiger partial charge in [-0.1, -0.05) is 27.7 Å². The molecule has 1 aliphatic heterocycles. The lowest BCUT2D eigenvalue weighted by Crippen LogP contribution is -2.37. The minimum atomic E-state index is -0.585. The minimum Gasteiger partial charge on any atom is -0.492 e. The van der Waals surface area contributed by atoms with Gasteiger partial charge in [-0.05, 0) is 50.5 Å². The van der Waals surface area contributed by atoms with Gasteiger partial charge in [-0.2, -0.15) is 9.61 Å². The quantitative estimate of drug-likeness (QED) is 0.606. The fourth-order valence-corrected chi connectivity index (χ4v) is 4.79. The molecule has 2 N–H and O–H groups in total. The molecule has 9 nitrogen and oxygen atoms in total. The number of carbonyl (C=O) groups is 2. The maximum atomic E-state index is 13.4. The first-order valence-corrected chi connectivity index (χ1v) is 12.2. The summed E-state index contributed by atoms with van der Waals surface area (Å²) in [5.74, 6) is -0.648. The van der Waals surface area contributed by atoms with Crippen LogP contribution in [0.4, 0.5) is 0 Å². The van der Waals surface area contributed by atoms with E-state index in [9.17, 15) is 19.5 Å². The van der Waals surface area contributed by atoms with Crippen LogP contribution in [0, 0.1) is 18.8 Å². The molecule has 184 valence electrons. The Hall–Kier alpha value is -3.10. The smallest absolute Gasteiger partial charge is 0.270 e. The molecule has 0 aromatic carbocycles. The van der Waals surface area contributed by atoms with E-state index in [1.165, 1.54) is 15.2 Å². The molecular weight excluding hydrogens is 434 g/mol. The van der Waals surface area contributed by atoms with Crippen LogP contribution in [0.3, 0.4) is 0 Å². The first kappa shape index (κ1) is 24.0. The Balaban J connectivity index is 1.79. The Kier molecular flexibility index (Phi) is 6.55. The van der Waals surface area contributed by atoms with E-state index >= 15 is 0 Å². The number of carbonyl (C=O) groups excluding carboxylic acids is 2. The van der Waals surface area contributed by atoms with Crippen LogP contribution in [0.15, 0.2) is 10.9 Å². The van der Waals surface area contributed by atoms with Crippen molar-refractivity contribution in [2.45, 2.75) is 78.9 Å². The Morgan fingerprint density at radius 2 is 1.91 bits per heavy atom. The number of amides is 2. The molecule has 2 amide bonds. The van der Waals surface area contributed by atoms with Crippen LogP contribution in [0.5, 0.6) is 5.88 Å². The van der Waals surface area contributed by atoms with E-state index in [0.717, 1.165) is 32.2 Å². The molecular formula is C25H35N5O4. The van der Waals surface area contributed by atoms with Gasteiger partial charge in [-0.15, -0.1) is 0 Å². The molecule has 1 atom stereocenters. The molecule has 1 saturated heterocycles. The zero-order valence-electron chi connectivity index (χ0n) is 20.7. The molecule has 9 heteroatoms. The number of aromatic nitrogens is 3. The number of fused-ring (bicyclic) bond motifs is 1. The average molecular weight is 470 g/mol. The fraction of sp³-hybridized carbons (Fsp3) is 0.600. The second-order valence-corrected chi connectivity index (χ2v) is 10.3. The lowest BCUT2D eigenvalue weighted by atomic mass is 10.0. The van der Waals surface area contributed by atoms with Crippen molar-refractivity contribution in [3.63, 3.8) is 0 Å². The fourth-order valence-electron chi connectivity index (χ4n) is 4.79. The summed E-state index contributed by atoms with van der Waals surface area (Å²) in [5.41, 5.74) is 0.652. The van der Waals surface area contributed by atoms with Crippen molar-refractivity contribution in [2.24, 2.45) is 11.8 Å². The Labute approximate surface area is 199 Å². The molecule has 0 spiro atoms. The number of nitrogens with one attached hydrogen (secondary N) is 1. The maximum Gasteiger partial charge on any atom is 0.270 e. The summed E-state index contributed by atoms with van der Waals surface area (Å²) in [7, 11) is 0. The van der Waals surface area contributed by atoms with Crippen LogP contribution in [0.2, 0.25) is 0 Å². The summed E-state index contributed by atoms with van der Waals surface area (Å²) in [6, 6.07) is 0.266. The van der Waals surface area contributed by atoms with Crippen molar-refractivity contribution in [3.8, 4) is 5.88 Å². The van der Waals surface area contributed by atoms with Crippen molar-refractivity contribution in [1.29, 1.82) is 0 Å². The van der Waals surface area contributed by atoms with Crippen LogP contribution in [0.1, 0.15) is 75.0 Å². The highest BCUT2D eigenvalue weighted by Gasteiger charge is 2.31. The van der Waals surface area contributed by atoms with Gasteiger partial charge in [-0.25, -0.2) is 0 Å². The van der Waals surface area contributed by atoms with E-state index in [1.54, 1.807) is 13.0 Å². The summed E-state index contributed by atoms with van der Waals surface area (Å²) in [6.45, 7) is 11.0. The monoisotopic (exact) mass is 469 g/mol. The predicted octanol–water partition coefficient (Wildman–Crippen LogP) is 2.72. The molecule has 0 unspecified atom stereocenters. The molecule has 2 aromatic heterocycles. The summed E-state index contributed by atoms with van der Waals surface area (Å²) in [5, 5.41) is 18.1. The first-order chi connectivity index (χ1) is 16.1. The standard InChI is InChI=1S/C25H35N5O4/c1-14(2)13-29-23-18(10-11-20(31)28-12-6-7-19(28)15(3)4)16(5)27-30(23)25(34)21(24(29)33)22(32)26-17-8-9-17/h10-11,14-15,17,19,34H,6-9,12-13H2,1-5H3,(H,26,32)/b11-10+/t19-/m0/s1. The third kappa shape index (κ3) is 4.48. The summed E-state index contributed by atoms with van der Waals surface area (Å²) in [4.78, 5) is 41.1. The van der Waals surface area contributed by atoms with Crippen molar-refractivity contribution in [2.75, 3.05) is 6.54 Å². The lowest BCUT2D eigenvalue weighted by molar-refractivity contribution is -0.127. The van der Waals surface area contributed by atoms with Gasteiger partial charge >= 0.3 is 0 Å². The molecule has 1 aliphatic carbocycles. The molecule has 34 heavy (non-hydrogen) atoms. The van der Waals surface area contributed by atoms with Crippen LogP contribution in [0.25, 0.3) is 11.7 Å². The van der Waals surface area contributed by atoms with Crippen molar-refractivity contribution in [3.05, 3.63) is 33.3 Å². The zero-order valence-corrected chi connectivity index (χ0v) is 20.7. The highest BCUT2D eigenvalue weighted by molar-refractivity contribution is 5.97. The van der Waals surface area contributed by atoms with Crippen molar-refractivity contribution < 1.29 is 14.7 Å². The Morgan fingerprint density at radius 3 is 2.53 bits per heavy atom. The van der Waals surface area contributed by atoms with E-state index in [2.05, 4.69) is 24.3 Å². The van der Waals surface area contributed by atoms with E-state index in [4.69, 9.17) is 0 Å². The second kappa shape index (κ2) is 9.27.